The molecule has 1 fully saturated rings. The highest BCUT2D eigenvalue weighted by atomic mass is 19.4. The van der Waals surface area contributed by atoms with Gasteiger partial charge in [0.25, 0.3) is 0 Å². The van der Waals surface area contributed by atoms with E-state index in [-0.39, 0.29) is 23.7 Å². The van der Waals surface area contributed by atoms with Gasteiger partial charge >= 0.3 is 6.18 Å². The summed E-state index contributed by atoms with van der Waals surface area (Å²) < 4.78 is 38.0. The molecule has 0 radical (unpaired) electrons. The molecule has 6 heteroatoms. The van der Waals surface area contributed by atoms with E-state index in [1.54, 1.807) is 0 Å². The zero-order valence-corrected chi connectivity index (χ0v) is 14.0. The topological polar surface area (TPSA) is 36.8 Å². The highest BCUT2D eigenvalue weighted by molar-refractivity contribution is 6.07. The van der Waals surface area contributed by atoms with E-state index in [1.165, 1.54) is 12.8 Å². The molecule has 2 aliphatic carbocycles. The Labute approximate surface area is 140 Å². The molecule has 0 aromatic rings. The van der Waals surface area contributed by atoms with E-state index in [0.717, 1.165) is 11.3 Å². The van der Waals surface area contributed by atoms with Gasteiger partial charge in [-0.1, -0.05) is 38.7 Å². The van der Waals surface area contributed by atoms with Crippen molar-refractivity contribution in [3.8, 4) is 0 Å². The number of nitrogens with zero attached hydrogens (tertiary/aromatic N) is 2. The van der Waals surface area contributed by atoms with Crippen molar-refractivity contribution in [3.63, 3.8) is 0 Å². The van der Waals surface area contributed by atoms with Gasteiger partial charge in [-0.05, 0) is 24.8 Å². The van der Waals surface area contributed by atoms with Crippen molar-refractivity contribution in [1.29, 1.82) is 0 Å². The third kappa shape index (κ3) is 3.47. The second-order valence-electron chi connectivity index (χ2n) is 7.11. The van der Waals surface area contributed by atoms with Crippen LogP contribution in [-0.2, 0) is 0 Å². The van der Waals surface area contributed by atoms with Crippen LogP contribution in [-0.4, -0.2) is 30.3 Å². The van der Waals surface area contributed by atoms with Gasteiger partial charge in [0.05, 0.1) is 6.54 Å². The first-order chi connectivity index (χ1) is 11.2. The van der Waals surface area contributed by atoms with Crippen LogP contribution in [0.2, 0.25) is 0 Å². The van der Waals surface area contributed by atoms with Crippen LogP contribution in [0.25, 0.3) is 0 Å². The first-order valence-corrected chi connectivity index (χ1v) is 8.22. The quantitative estimate of drug-likeness (QED) is 0.802. The average molecular weight is 337 g/mol. The van der Waals surface area contributed by atoms with Gasteiger partial charge in [-0.3, -0.25) is 4.99 Å². The largest absolute Gasteiger partial charge is 0.431 e. The van der Waals surface area contributed by atoms with Crippen molar-refractivity contribution in [1.82, 2.24) is 5.32 Å². The third-order valence-electron chi connectivity index (χ3n) is 4.83. The number of aliphatic imine (C=N–C) groups is 2. The number of allylic oxidation sites excluding steroid dienone is 3. The SMILES string of the molecule is C=C(NC1CC1)C(C)(C)C1=CCC(C2=NCC(C(F)(F)F)=N2)C=C1. The molecule has 0 aromatic carbocycles. The maximum absolute atomic E-state index is 12.7. The standard InChI is InChI=1S/C18H22F3N3/c1-11(23-14-8-9-14)17(2,3)13-6-4-12(5-7-13)16-22-10-15(24-16)18(19,20)21/h4,6-7,12,14,23H,1,5,8-10H2,2-3H3. The molecule has 0 aromatic heterocycles. The zero-order chi connectivity index (χ0) is 17.5. The fraction of sp³-hybridized carbons (Fsp3) is 0.556. The predicted octanol–water partition coefficient (Wildman–Crippen LogP) is 4.20. The van der Waals surface area contributed by atoms with Crippen LogP contribution in [0.5, 0.6) is 0 Å². The number of alkyl halides is 3. The lowest BCUT2D eigenvalue weighted by atomic mass is 9.77. The van der Waals surface area contributed by atoms with E-state index in [0.29, 0.717) is 12.5 Å². The Morgan fingerprint density at radius 2 is 2.00 bits per heavy atom. The van der Waals surface area contributed by atoms with E-state index in [9.17, 15) is 13.2 Å². The second kappa shape index (κ2) is 5.90. The number of rotatable bonds is 5. The van der Waals surface area contributed by atoms with Gasteiger partial charge in [0, 0.05) is 23.1 Å². The lowest BCUT2D eigenvalue weighted by molar-refractivity contribution is -0.0592. The molecular weight excluding hydrogens is 315 g/mol. The van der Waals surface area contributed by atoms with Gasteiger partial charge in [-0.25, -0.2) is 4.99 Å². The van der Waals surface area contributed by atoms with Gasteiger partial charge in [-0.2, -0.15) is 13.2 Å². The van der Waals surface area contributed by atoms with Gasteiger partial charge in [0.2, 0.25) is 0 Å². The molecular formula is C18H22F3N3. The molecule has 0 bridgehead atoms. The molecule has 1 N–H and O–H groups in total. The number of hydrogen-bond donors (Lipinski definition) is 1. The van der Waals surface area contributed by atoms with E-state index >= 15 is 0 Å². The van der Waals surface area contributed by atoms with Crippen molar-refractivity contribution in [2.45, 2.75) is 45.3 Å². The lowest BCUT2D eigenvalue weighted by Crippen LogP contribution is -2.29. The van der Waals surface area contributed by atoms with Crippen LogP contribution in [0.15, 0.2) is 46.1 Å². The zero-order valence-electron chi connectivity index (χ0n) is 14.0. The van der Waals surface area contributed by atoms with E-state index < -0.39 is 11.9 Å². The molecule has 0 amide bonds. The third-order valence-corrected chi connectivity index (χ3v) is 4.83. The number of halogens is 3. The van der Waals surface area contributed by atoms with Crippen LogP contribution < -0.4 is 5.32 Å². The predicted molar refractivity (Wildman–Crippen MR) is 90.2 cm³/mol. The van der Waals surface area contributed by atoms with Crippen LogP contribution in [0.4, 0.5) is 13.2 Å². The number of nitrogens with one attached hydrogen (secondary N) is 1. The van der Waals surface area contributed by atoms with Crippen molar-refractivity contribution in [2.75, 3.05) is 6.54 Å². The van der Waals surface area contributed by atoms with Crippen molar-refractivity contribution < 1.29 is 13.2 Å². The number of amidine groups is 1. The maximum Gasteiger partial charge on any atom is 0.431 e. The van der Waals surface area contributed by atoms with Gasteiger partial charge in [0.1, 0.15) is 11.5 Å². The fourth-order valence-corrected chi connectivity index (χ4v) is 2.82. The van der Waals surface area contributed by atoms with Crippen LogP contribution in [0.3, 0.4) is 0 Å². The molecule has 3 aliphatic rings. The minimum absolute atomic E-state index is 0.186. The summed E-state index contributed by atoms with van der Waals surface area (Å²) >= 11 is 0. The minimum atomic E-state index is -4.39. The summed E-state index contributed by atoms with van der Waals surface area (Å²) in [5, 5.41) is 3.44. The molecule has 1 aliphatic heterocycles. The summed E-state index contributed by atoms with van der Waals surface area (Å²) in [5.74, 6) is 0.0932. The normalized spacial score (nSPS) is 24.4. The average Bonchev–Trinajstić information content (AvgIpc) is 3.17. The lowest BCUT2D eigenvalue weighted by Gasteiger charge is -2.32. The molecule has 1 heterocycles. The molecule has 130 valence electrons. The molecule has 1 atom stereocenters. The summed E-state index contributed by atoms with van der Waals surface area (Å²) in [6.07, 6.45) is 4.53. The van der Waals surface area contributed by atoms with Crippen molar-refractivity contribution >= 4 is 11.5 Å². The second-order valence-corrected chi connectivity index (χ2v) is 7.11. The maximum atomic E-state index is 12.7. The Morgan fingerprint density at radius 3 is 2.50 bits per heavy atom. The fourth-order valence-electron chi connectivity index (χ4n) is 2.82. The Morgan fingerprint density at radius 1 is 1.29 bits per heavy atom. The van der Waals surface area contributed by atoms with E-state index in [2.05, 4.69) is 41.8 Å². The molecule has 1 unspecified atom stereocenters. The van der Waals surface area contributed by atoms with Crippen molar-refractivity contribution in [2.24, 2.45) is 21.3 Å². The summed E-state index contributed by atoms with van der Waals surface area (Å²) in [6.45, 7) is 8.00. The molecule has 1 saturated carbocycles. The van der Waals surface area contributed by atoms with E-state index in [1.807, 2.05) is 12.2 Å². The van der Waals surface area contributed by atoms with Crippen molar-refractivity contribution in [3.05, 3.63) is 36.1 Å². The van der Waals surface area contributed by atoms with E-state index in [4.69, 9.17) is 0 Å². The number of hydrogen-bond acceptors (Lipinski definition) is 3. The van der Waals surface area contributed by atoms with Crippen LogP contribution in [0.1, 0.15) is 33.1 Å². The Kier molecular flexibility index (Phi) is 4.18. The highest BCUT2D eigenvalue weighted by Gasteiger charge is 2.39. The van der Waals surface area contributed by atoms with Gasteiger partial charge in [0.15, 0.2) is 0 Å². The first-order valence-electron chi connectivity index (χ1n) is 8.22. The summed E-state index contributed by atoms with van der Waals surface area (Å²) in [4.78, 5) is 7.64. The highest BCUT2D eigenvalue weighted by Crippen LogP contribution is 2.38. The monoisotopic (exact) mass is 337 g/mol. The molecule has 24 heavy (non-hydrogen) atoms. The first kappa shape index (κ1) is 17.0. The van der Waals surface area contributed by atoms with Gasteiger partial charge < -0.3 is 5.32 Å². The van der Waals surface area contributed by atoms with Crippen LogP contribution in [0, 0.1) is 11.3 Å². The van der Waals surface area contributed by atoms with Gasteiger partial charge in [-0.15, -0.1) is 0 Å². The molecule has 0 saturated heterocycles. The smallest absolute Gasteiger partial charge is 0.385 e. The molecule has 3 rings (SSSR count). The Hall–Kier alpha value is -1.85. The Bertz CT molecular complexity index is 661. The summed E-state index contributed by atoms with van der Waals surface area (Å²) in [7, 11) is 0. The molecule has 3 nitrogen and oxygen atoms in total. The Balaban J connectivity index is 1.65. The molecule has 0 spiro atoms. The summed E-state index contributed by atoms with van der Waals surface area (Å²) in [5.41, 5.74) is 1.08. The summed E-state index contributed by atoms with van der Waals surface area (Å²) in [6, 6.07) is 0.542. The minimum Gasteiger partial charge on any atom is -0.385 e. The van der Waals surface area contributed by atoms with Crippen LogP contribution >= 0.6 is 0 Å².